The van der Waals surface area contributed by atoms with Gasteiger partial charge in [-0.25, -0.2) is 4.79 Å². The van der Waals surface area contributed by atoms with E-state index in [0.29, 0.717) is 18.7 Å². The molecule has 0 radical (unpaired) electrons. The number of halogens is 1. The number of ether oxygens (including phenoxy) is 1. The Kier molecular flexibility index (Phi) is 9.62. The van der Waals surface area contributed by atoms with Gasteiger partial charge in [-0.1, -0.05) is 0 Å². The minimum atomic E-state index is -0.917. The molecule has 1 saturated heterocycles. The number of likely N-dealkylation sites (tertiary alicyclic amines) is 1. The van der Waals surface area contributed by atoms with E-state index in [4.69, 9.17) is 4.74 Å². The van der Waals surface area contributed by atoms with E-state index in [1.54, 1.807) is 27.8 Å². The molecule has 0 saturated carbocycles. The Bertz CT molecular complexity index is 624. The third-order valence-corrected chi connectivity index (χ3v) is 3.66. The predicted octanol–water partition coefficient (Wildman–Crippen LogP) is -2.50. The van der Waals surface area contributed by atoms with Gasteiger partial charge in [-0.3, -0.25) is 4.79 Å². The molecule has 1 N–H and O–H groups in total. The number of aromatic nitrogens is 1. The van der Waals surface area contributed by atoms with Crippen LogP contribution >= 0.6 is 0 Å². The molecule has 11 heteroatoms. The van der Waals surface area contributed by atoms with Gasteiger partial charge in [0, 0.05) is 25.7 Å². The lowest BCUT2D eigenvalue weighted by molar-refractivity contribution is -0.757. The maximum absolute atomic E-state index is 12.0. The van der Waals surface area contributed by atoms with Crippen LogP contribution in [0.1, 0.15) is 29.6 Å². The van der Waals surface area contributed by atoms with Gasteiger partial charge in [0.15, 0.2) is 12.4 Å². The predicted molar refractivity (Wildman–Crippen MR) is 83.8 cm³/mol. The van der Waals surface area contributed by atoms with E-state index >= 15 is 0 Å². The van der Waals surface area contributed by atoms with E-state index in [1.807, 2.05) is 0 Å². The molecule has 144 valence electrons. The van der Waals surface area contributed by atoms with Crippen molar-refractivity contribution in [2.75, 3.05) is 26.2 Å². The van der Waals surface area contributed by atoms with Crippen LogP contribution in [0, 0.1) is 10.1 Å². The minimum Gasteiger partial charge on any atom is -1.00 e. The second kappa shape index (κ2) is 11.4. The largest absolute Gasteiger partial charge is 1.00 e. The van der Waals surface area contributed by atoms with Crippen LogP contribution in [0.3, 0.4) is 0 Å². The van der Waals surface area contributed by atoms with Crippen LogP contribution in [0.25, 0.3) is 0 Å². The number of hydrogen-bond acceptors (Lipinski definition) is 6. The van der Waals surface area contributed by atoms with E-state index in [1.165, 1.54) is 6.20 Å². The highest BCUT2D eigenvalue weighted by atomic mass is 127. The second-order valence-corrected chi connectivity index (χ2v) is 5.51. The number of piperidine rings is 1. The highest BCUT2D eigenvalue weighted by Gasteiger charge is 2.19. The Balaban J connectivity index is 0.00000338. The molecule has 26 heavy (non-hydrogen) atoms. The van der Waals surface area contributed by atoms with Crippen LogP contribution in [0.5, 0.6) is 0 Å². The highest BCUT2D eigenvalue weighted by molar-refractivity contribution is 5.93. The van der Waals surface area contributed by atoms with E-state index in [0.717, 1.165) is 19.3 Å². The average Bonchev–Trinajstić information content (AvgIpc) is 2.64. The van der Waals surface area contributed by atoms with Gasteiger partial charge in [-0.2, -0.15) is 4.57 Å². The van der Waals surface area contributed by atoms with Gasteiger partial charge < -0.3 is 43.8 Å². The van der Waals surface area contributed by atoms with Crippen molar-refractivity contribution in [3.05, 3.63) is 40.2 Å². The third-order valence-electron chi connectivity index (χ3n) is 3.66. The molecule has 1 fully saturated rings. The van der Waals surface area contributed by atoms with E-state index in [-0.39, 0.29) is 50.0 Å². The number of nitrogens with one attached hydrogen (secondary N) is 1. The Labute approximate surface area is 167 Å². The summed E-state index contributed by atoms with van der Waals surface area (Å²) >= 11 is 0. The van der Waals surface area contributed by atoms with Crippen molar-refractivity contribution in [1.29, 1.82) is 0 Å². The molecule has 0 aliphatic carbocycles. The van der Waals surface area contributed by atoms with Gasteiger partial charge in [-0.05, 0) is 25.3 Å². The number of pyridine rings is 1. The summed E-state index contributed by atoms with van der Waals surface area (Å²) in [5, 5.41) is 11.6. The first kappa shape index (κ1) is 21.9. The van der Waals surface area contributed by atoms with Crippen molar-refractivity contribution in [3.8, 4) is 0 Å². The molecule has 1 aromatic rings. The summed E-state index contributed by atoms with van der Waals surface area (Å²) in [4.78, 5) is 39.7. The summed E-state index contributed by atoms with van der Waals surface area (Å²) in [5.74, 6) is -0.399. The lowest BCUT2D eigenvalue weighted by atomic mass is 10.1. The van der Waals surface area contributed by atoms with E-state index in [2.05, 4.69) is 10.2 Å². The topological polar surface area (TPSA) is 115 Å². The molecule has 2 amide bonds. The molecule has 0 bridgehead atoms. The number of nitrogens with zero attached hydrogens (tertiary/aromatic N) is 3. The summed E-state index contributed by atoms with van der Waals surface area (Å²) < 4.78 is 6.82. The molecule has 0 aromatic carbocycles. The van der Waals surface area contributed by atoms with E-state index < -0.39 is 11.0 Å². The molecule has 1 aliphatic heterocycles. The molecule has 1 aromatic heterocycles. The van der Waals surface area contributed by atoms with Crippen LogP contribution < -0.4 is 33.9 Å². The molecule has 0 atom stereocenters. The van der Waals surface area contributed by atoms with Crippen LogP contribution in [0.15, 0.2) is 24.5 Å². The maximum atomic E-state index is 12.0. The van der Waals surface area contributed by atoms with Gasteiger partial charge in [-0.15, -0.1) is 10.1 Å². The van der Waals surface area contributed by atoms with Crippen molar-refractivity contribution in [1.82, 2.24) is 10.2 Å². The molecule has 10 nitrogen and oxygen atoms in total. The number of amides is 2. The van der Waals surface area contributed by atoms with Crippen molar-refractivity contribution in [2.45, 2.75) is 26.0 Å². The maximum Gasteiger partial charge on any atom is 0.414 e. The number of carbonyl (C=O) groups is 2. The van der Waals surface area contributed by atoms with Crippen molar-refractivity contribution < 1.29 is 52.8 Å². The monoisotopic (exact) mass is 480 g/mol. The van der Waals surface area contributed by atoms with E-state index in [9.17, 15) is 19.7 Å². The van der Waals surface area contributed by atoms with Gasteiger partial charge in [0.25, 0.3) is 17.7 Å². The van der Waals surface area contributed by atoms with Crippen LogP contribution in [0.4, 0.5) is 4.79 Å². The quantitative estimate of drug-likeness (QED) is 0.152. The summed E-state index contributed by atoms with van der Waals surface area (Å²) in [5.41, 5.74) is 0.345. The normalized spacial score (nSPS) is 13.3. The smallest absolute Gasteiger partial charge is 0.414 e. The van der Waals surface area contributed by atoms with Gasteiger partial charge in [0.05, 0.1) is 0 Å². The zero-order valence-corrected chi connectivity index (χ0v) is 16.3. The van der Waals surface area contributed by atoms with Crippen LogP contribution in [-0.4, -0.2) is 48.2 Å². The van der Waals surface area contributed by atoms with Crippen molar-refractivity contribution in [2.24, 2.45) is 0 Å². The Morgan fingerprint density at radius 2 is 2.04 bits per heavy atom. The second-order valence-electron chi connectivity index (χ2n) is 5.51. The van der Waals surface area contributed by atoms with Crippen LogP contribution in [-0.2, 0) is 16.3 Å². The molecular formula is C15H21IN4O6. The summed E-state index contributed by atoms with van der Waals surface area (Å²) in [6.07, 6.45) is 5.95. The standard InChI is InChI=1S/C15H20N4O6.HI/c20-14(16-6-10-25-19(22)23)13-5-4-7-17(11-13)12-24-15(21)18-8-2-1-3-9-18;/h4-5,7,11H,1-3,6,8-10,12H2;1H. The van der Waals surface area contributed by atoms with Gasteiger partial charge in [0.2, 0.25) is 0 Å². The summed E-state index contributed by atoms with van der Waals surface area (Å²) in [6, 6.07) is 3.24. The first-order valence-corrected chi connectivity index (χ1v) is 8.02. The van der Waals surface area contributed by atoms with Gasteiger partial charge >= 0.3 is 6.09 Å². The number of carbonyl (C=O) groups excluding carboxylic acids is 2. The summed E-state index contributed by atoms with van der Waals surface area (Å²) in [6.45, 7) is 1.20. The molecule has 0 spiro atoms. The number of rotatable bonds is 7. The fourth-order valence-electron chi connectivity index (χ4n) is 2.42. The zero-order valence-electron chi connectivity index (χ0n) is 14.1. The summed E-state index contributed by atoms with van der Waals surface area (Å²) in [7, 11) is 0. The average molecular weight is 480 g/mol. The van der Waals surface area contributed by atoms with Gasteiger partial charge in [0.1, 0.15) is 12.2 Å². The lowest BCUT2D eigenvalue weighted by Gasteiger charge is -2.25. The lowest BCUT2D eigenvalue weighted by Crippen LogP contribution is -3.00. The first-order valence-electron chi connectivity index (χ1n) is 8.02. The zero-order chi connectivity index (χ0) is 18.1. The van der Waals surface area contributed by atoms with Crippen molar-refractivity contribution >= 4 is 12.0 Å². The fraction of sp³-hybridized carbons (Fsp3) is 0.533. The first-order chi connectivity index (χ1) is 12.1. The molecule has 2 heterocycles. The van der Waals surface area contributed by atoms with Crippen LogP contribution in [0.2, 0.25) is 0 Å². The molecule has 1 aliphatic rings. The molecule has 0 unspecified atom stereocenters. The Hall–Kier alpha value is -2.18. The molecule has 2 rings (SSSR count). The molecular weight excluding hydrogens is 459 g/mol. The van der Waals surface area contributed by atoms with Crippen molar-refractivity contribution in [3.63, 3.8) is 0 Å². The fourth-order valence-corrected chi connectivity index (χ4v) is 2.42. The highest BCUT2D eigenvalue weighted by Crippen LogP contribution is 2.09. The SMILES string of the molecule is O=C(NCCO[N+](=O)[O-])c1ccc[n+](COC(=O)N2CCCCC2)c1.[I-]. The Morgan fingerprint density at radius 3 is 2.73 bits per heavy atom. The number of hydrogen-bond donors (Lipinski definition) is 1. The Morgan fingerprint density at radius 1 is 1.31 bits per heavy atom. The minimum absolute atomic E-state index is 0. The third kappa shape index (κ3) is 7.37.